The van der Waals surface area contributed by atoms with Crippen molar-refractivity contribution in [3.8, 4) is 0 Å². The maximum atomic E-state index is 13.4. The van der Waals surface area contributed by atoms with Crippen molar-refractivity contribution in [1.29, 1.82) is 0 Å². The summed E-state index contributed by atoms with van der Waals surface area (Å²) in [6.07, 6.45) is 2.46. The molecule has 1 heterocycles. The van der Waals surface area contributed by atoms with Gasteiger partial charge >= 0.3 is 0 Å². The summed E-state index contributed by atoms with van der Waals surface area (Å²) in [6.45, 7) is 0. The van der Waals surface area contributed by atoms with Gasteiger partial charge in [-0.1, -0.05) is 0 Å². The van der Waals surface area contributed by atoms with E-state index >= 15 is 0 Å². The van der Waals surface area contributed by atoms with Crippen molar-refractivity contribution >= 4 is 0 Å². The van der Waals surface area contributed by atoms with Gasteiger partial charge in [-0.15, -0.1) is 0 Å². The van der Waals surface area contributed by atoms with Crippen LogP contribution in [0.2, 0.25) is 0 Å². The van der Waals surface area contributed by atoms with E-state index in [9.17, 15) is 18.3 Å². The Morgan fingerprint density at radius 3 is 2.42 bits per heavy atom. The molecule has 0 bridgehead atoms. The van der Waals surface area contributed by atoms with Crippen molar-refractivity contribution in [2.24, 2.45) is 7.05 Å². The Bertz CT molecular complexity index is 560. The summed E-state index contributed by atoms with van der Waals surface area (Å²) < 4.78 is 41.4. The summed E-state index contributed by atoms with van der Waals surface area (Å²) >= 11 is 0. The highest BCUT2D eigenvalue weighted by molar-refractivity contribution is 5.23. The van der Waals surface area contributed by atoms with Crippen molar-refractivity contribution in [1.82, 2.24) is 9.55 Å². The minimum Gasteiger partial charge on any atom is -0.388 e. The number of hydrogen-bond donors (Lipinski definition) is 1. The molecule has 0 aliphatic carbocycles. The lowest BCUT2D eigenvalue weighted by Crippen LogP contribution is -2.08. The molecule has 0 spiro atoms. The summed E-state index contributed by atoms with van der Waals surface area (Å²) in [7, 11) is 1.79. The topological polar surface area (TPSA) is 38.0 Å². The Labute approximate surface area is 108 Å². The van der Waals surface area contributed by atoms with Gasteiger partial charge in [0.25, 0.3) is 0 Å². The van der Waals surface area contributed by atoms with Gasteiger partial charge in [-0.3, -0.25) is 0 Å². The molecule has 102 valence electrons. The fraction of sp³-hybridized carbons (Fsp3) is 0.308. The first kappa shape index (κ1) is 13.6. The molecule has 0 radical (unpaired) electrons. The molecule has 19 heavy (non-hydrogen) atoms. The molecule has 1 atom stereocenters. The minimum atomic E-state index is -1.34. The van der Waals surface area contributed by atoms with E-state index in [2.05, 4.69) is 4.98 Å². The maximum absolute atomic E-state index is 13.4. The van der Waals surface area contributed by atoms with E-state index in [4.69, 9.17) is 0 Å². The van der Waals surface area contributed by atoms with E-state index in [1.54, 1.807) is 24.0 Å². The second-order valence-corrected chi connectivity index (χ2v) is 4.29. The normalized spacial score (nSPS) is 12.7. The summed E-state index contributed by atoms with van der Waals surface area (Å²) in [4.78, 5) is 4.04. The van der Waals surface area contributed by atoms with E-state index in [0.29, 0.717) is 24.4 Å². The number of benzene rings is 1. The van der Waals surface area contributed by atoms with E-state index in [-0.39, 0.29) is 6.42 Å². The van der Waals surface area contributed by atoms with Crippen LogP contribution >= 0.6 is 0 Å². The Kier molecular flexibility index (Phi) is 3.90. The van der Waals surface area contributed by atoms with Gasteiger partial charge in [0.2, 0.25) is 0 Å². The molecule has 1 unspecified atom stereocenters. The molecule has 6 heteroatoms. The van der Waals surface area contributed by atoms with Crippen molar-refractivity contribution in [2.45, 2.75) is 18.9 Å². The first-order valence-electron chi connectivity index (χ1n) is 5.77. The van der Waals surface area contributed by atoms with Crippen molar-refractivity contribution < 1.29 is 18.3 Å². The number of aryl methyl sites for hydroxylation is 2. The lowest BCUT2D eigenvalue weighted by atomic mass is 10.0. The quantitative estimate of drug-likeness (QED) is 0.927. The molecule has 0 amide bonds. The first-order valence-corrected chi connectivity index (χ1v) is 5.77. The molecule has 3 nitrogen and oxygen atoms in total. The minimum absolute atomic E-state index is 0.102. The third-order valence-electron chi connectivity index (χ3n) is 2.94. The van der Waals surface area contributed by atoms with Gasteiger partial charge in [-0.25, -0.2) is 18.2 Å². The SMILES string of the molecule is Cn1ccnc1CCC(O)c1c(F)cc(F)cc1F. The zero-order chi connectivity index (χ0) is 14.0. The van der Waals surface area contributed by atoms with Crippen LogP contribution in [-0.2, 0) is 13.5 Å². The lowest BCUT2D eigenvalue weighted by Gasteiger charge is -2.13. The van der Waals surface area contributed by atoms with Crippen LogP contribution < -0.4 is 0 Å². The number of aromatic nitrogens is 2. The Morgan fingerprint density at radius 2 is 1.89 bits per heavy atom. The van der Waals surface area contributed by atoms with E-state index in [0.717, 1.165) is 0 Å². The van der Waals surface area contributed by atoms with Crippen LogP contribution in [0.4, 0.5) is 13.2 Å². The molecule has 0 saturated heterocycles. The van der Waals surface area contributed by atoms with Gasteiger partial charge in [-0.05, 0) is 6.42 Å². The largest absolute Gasteiger partial charge is 0.388 e. The predicted octanol–water partition coefficient (Wildman–Crippen LogP) is 2.50. The molecular weight excluding hydrogens is 257 g/mol. The van der Waals surface area contributed by atoms with Crippen molar-refractivity contribution in [2.75, 3.05) is 0 Å². The Hall–Kier alpha value is -1.82. The van der Waals surface area contributed by atoms with Crippen LogP contribution in [0.3, 0.4) is 0 Å². The molecule has 1 aromatic carbocycles. The number of hydrogen-bond acceptors (Lipinski definition) is 2. The second kappa shape index (κ2) is 5.44. The number of aliphatic hydroxyl groups excluding tert-OH is 1. The van der Waals surface area contributed by atoms with Crippen molar-refractivity contribution in [3.63, 3.8) is 0 Å². The summed E-state index contributed by atoms with van der Waals surface area (Å²) in [5.74, 6) is -2.47. The molecule has 1 N–H and O–H groups in total. The molecular formula is C13H13F3N2O. The van der Waals surface area contributed by atoms with Gasteiger partial charge in [-0.2, -0.15) is 0 Å². The molecule has 0 aliphatic heterocycles. The van der Waals surface area contributed by atoms with Gasteiger partial charge in [0.1, 0.15) is 23.3 Å². The van der Waals surface area contributed by atoms with Crippen LogP contribution in [0, 0.1) is 17.5 Å². The van der Waals surface area contributed by atoms with Crippen LogP contribution in [0.1, 0.15) is 23.9 Å². The van der Waals surface area contributed by atoms with E-state index in [1.165, 1.54) is 0 Å². The van der Waals surface area contributed by atoms with Crippen LogP contribution in [0.15, 0.2) is 24.5 Å². The smallest absolute Gasteiger partial charge is 0.134 e. The van der Waals surface area contributed by atoms with Gasteiger partial charge in [0.15, 0.2) is 0 Å². The second-order valence-electron chi connectivity index (χ2n) is 4.29. The first-order chi connectivity index (χ1) is 8.99. The fourth-order valence-electron chi connectivity index (χ4n) is 1.92. The molecule has 0 saturated carbocycles. The molecule has 2 aromatic rings. The van der Waals surface area contributed by atoms with E-state index in [1.807, 2.05) is 0 Å². The summed E-state index contributed by atoms with van der Waals surface area (Å²) in [6, 6.07) is 1.12. The number of aliphatic hydroxyl groups is 1. The predicted molar refractivity (Wildman–Crippen MR) is 62.8 cm³/mol. The summed E-state index contributed by atoms with van der Waals surface area (Å²) in [5, 5.41) is 9.82. The average molecular weight is 270 g/mol. The van der Waals surface area contributed by atoms with E-state index < -0.39 is 29.1 Å². The van der Waals surface area contributed by atoms with Crippen molar-refractivity contribution in [3.05, 3.63) is 53.4 Å². The highest BCUT2D eigenvalue weighted by Crippen LogP contribution is 2.25. The zero-order valence-corrected chi connectivity index (χ0v) is 10.3. The average Bonchev–Trinajstić information content (AvgIpc) is 2.70. The fourth-order valence-corrected chi connectivity index (χ4v) is 1.92. The summed E-state index contributed by atoms with van der Waals surface area (Å²) in [5.41, 5.74) is -0.504. The molecule has 1 aromatic heterocycles. The van der Waals surface area contributed by atoms with Gasteiger partial charge < -0.3 is 9.67 Å². The highest BCUT2D eigenvalue weighted by Gasteiger charge is 2.19. The third-order valence-corrected chi connectivity index (χ3v) is 2.94. The third kappa shape index (κ3) is 2.96. The number of halogens is 3. The van der Waals surface area contributed by atoms with Gasteiger partial charge in [0, 0.05) is 38.0 Å². The maximum Gasteiger partial charge on any atom is 0.134 e. The molecule has 0 fully saturated rings. The molecule has 0 aliphatic rings. The van der Waals surface area contributed by atoms with Crippen LogP contribution in [0.25, 0.3) is 0 Å². The Morgan fingerprint density at radius 1 is 1.26 bits per heavy atom. The number of nitrogens with zero attached hydrogens (tertiary/aromatic N) is 2. The number of rotatable bonds is 4. The lowest BCUT2D eigenvalue weighted by molar-refractivity contribution is 0.157. The monoisotopic (exact) mass is 270 g/mol. The number of imidazole rings is 1. The standard InChI is InChI=1S/C13H13F3N2O/c1-18-5-4-17-12(18)3-2-11(19)13-9(15)6-8(14)7-10(13)16/h4-7,11,19H,2-3H2,1H3. The van der Waals surface area contributed by atoms with Gasteiger partial charge in [0.05, 0.1) is 11.7 Å². The highest BCUT2D eigenvalue weighted by atomic mass is 19.1. The van der Waals surface area contributed by atoms with Crippen LogP contribution in [-0.4, -0.2) is 14.7 Å². The van der Waals surface area contributed by atoms with Crippen LogP contribution in [0.5, 0.6) is 0 Å². The Balaban J connectivity index is 2.12. The zero-order valence-electron chi connectivity index (χ0n) is 10.3. The molecule has 2 rings (SSSR count).